The molecular formula is C19H15NO5. The third-order valence-electron chi connectivity index (χ3n) is 3.61. The number of hydrogen-bond acceptors (Lipinski definition) is 5. The molecule has 0 aliphatic heterocycles. The molecule has 3 aromatic carbocycles. The van der Waals surface area contributed by atoms with Gasteiger partial charge in [-0.15, -0.1) is 0 Å². The van der Waals surface area contributed by atoms with Gasteiger partial charge in [0.15, 0.2) is 6.61 Å². The first-order chi connectivity index (χ1) is 12.0. The average molecular weight is 337 g/mol. The van der Waals surface area contributed by atoms with E-state index in [4.69, 9.17) is 9.47 Å². The van der Waals surface area contributed by atoms with Crippen LogP contribution >= 0.6 is 0 Å². The Morgan fingerprint density at radius 2 is 1.80 bits per heavy atom. The van der Waals surface area contributed by atoms with E-state index in [0.29, 0.717) is 5.75 Å². The Morgan fingerprint density at radius 3 is 2.56 bits per heavy atom. The van der Waals surface area contributed by atoms with E-state index >= 15 is 0 Å². The van der Waals surface area contributed by atoms with Gasteiger partial charge in [0.1, 0.15) is 5.75 Å². The highest BCUT2D eigenvalue weighted by atomic mass is 16.6. The number of carbonyl (C=O) groups is 1. The van der Waals surface area contributed by atoms with Crippen LogP contribution in [0.15, 0.2) is 60.7 Å². The lowest BCUT2D eigenvalue weighted by atomic mass is 10.1. The fraction of sp³-hybridized carbons (Fsp3) is 0.105. The van der Waals surface area contributed by atoms with E-state index < -0.39 is 10.9 Å². The van der Waals surface area contributed by atoms with Crippen molar-refractivity contribution in [3.8, 4) is 11.5 Å². The number of ether oxygens (including phenoxy) is 2. The number of benzene rings is 3. The van der Waals surface area contributed by atoms with Crippen LogP contribution in [0.3, 0.4) is 0 Å². The molecule has 0 unspecified atom stereocenters. The van der Waals surface area contributed by atoms with Gasteiger partial charge in [-0.3, -0.25) is 10.1 Å². The van der Waals surface area contributed by atoms with E-state index in [-0.39, 0.29) is 18.0 Å². The minimum atomic E-state index is -0.707. The first-order valence-electron chi connectivity index (χ1n) is 7.60. The minimum Gasteiger partial charge on any atom is -0.482 e. The van der Waals surface area contributed by atoms with Crippen LogP contribution < -0.4 is 9.47 Å². The lowest BCUT2D eigenvalue weighted by molar-refractivity contribution is -0.385. The van der Waals surface area contributed by atoms with Crippen LogP contribution in [0.1, 0.15) is 5.56 Å². The SMILES string of the molecule is Cc1ccc([N+](=O)[O-])c(OC(=O)COc2ccc3ccccc3c2)c1. The Hall–Kier alpha value is -3.41. The van der Waals surface area contributed by atoms with Crippen LogP contribution in [0, 0.1) is 17.0 Å². The molecule has 25 heavy (non-hydrogen) atoms. The molecule has 6 heteroatoms. The standard InChI is InChI=1S/C19H15NO5/c1-13-6-9-17(20(22)23)18(10-13)25-19(21)12-24-16-8-7-14-4-2-3-5-15(14)11-16/h2-11H,12H2,1H3. The third-order valence-corrected chi connectivity index (χ3v) is 3.61. The second-order valence-electron chi connectivity index (χ2n) is 5.50. The molecule has 3 aromatic rings. The van der Waals surface area contributed by atoms with Crippen LogP contribution in [0.4, 0.5) is 5.69 Å². The van der Waals surface area contributed by atoms with Crippen molar-refractivity contribution in [3.05, 3.63) is 76.3 Å². The van der Waals surface area contributed by atoms with Crippen molar-refractivity contribution >= 4 is 22.4 Å². The summed E-state index contributed by atoms with van der Waals surface area (Å²) < 4.78 is 10.5. The van der Waals surface area contributed by atoms with E-state index in [0.717, 1.165) is 16.3 Å². The van der Waals surface area contributed by atoms with Crippen LogP contribution in [0.25, 0.3) is 10.8 Å². The predicted molar refractivity (Wildman–Crippen MR) is 92.9 cm³/mol. The maximum atomic E-state index is 12.0. The lowest BCUT2D eigenvalue weighted by Gasteiger charge is -2.08. The second-order valence-corrected chi connectivity index (χ2v) is 5.50. The van der Waals surface area contributed by atoms with Crippen molar-refractivity contribution in [3.63, 3.8) is 0 Å². The van der Waals surface area contributed by atoms with Gasteiger partial charge in [-0.2, -0.15) is 0 Å². The van der Waals surface area contributed by atoms with E-state index in [1.807, 2.05) is 36.4 Å². The van der Waals surface area contributed by atoms with Crippen molar-refractivity contribution in [1.29, 1.82) is 0 Å². The molecule has 0 N–H and O–H groups in total. The molecule has 0 saturated heterocycles. The lowest BCUT2D eigenvalue weighted by Crippen LogP contribution is -2.18. The Labute approximate surface area is 143 Å². The smallest absolute Gasteiger partial charge is 0.349 e. The first kappa shape index (κ1) is 16.4. The average Bonchev–Trinajstić information content (AvgIpc) is 2.59. The summed E-state index contributed by atoms with van der Waals surface area (Å²) in [6.07, 6.45) is 0. The number of carbonyl (C=O) groups excluding carboxylic acids is 1. The highest BCUT2D eigenvalue weighted by Crippen LogP contribution is 2.28. The molecule has 0 amide bonds. The van der Waals surface area contributed by atoms with Crippen molar-refractivity contribution in [2.75, 3.05) is 6.61 Å². The Kier molecular flexibility index (Phi) is 4.61. The van der Waals surface area contributed by atoms with Gasteiger partial charge in [0.25, 0.3) is 0 Å². The Morgan fingerprint density at radius 1 is 1.04 bits per heavy atom. The fourth-order valence-electron chi connectivity index (χ4n) is 2.41. The Balaban J connectivity index is 1.68. The van der Waals surface area contributed by atoms with Crippen molar-refractivity contribution in [1.82, 2.24) is 0 Å². The minimum absolute atomic E-state index is 0.0860. The van der Waals surface area contributed by atoms with Gasteiger partial charge in [-0.25, -0.2) is 4.79 Å². The number of rotatable bonds is 5. The molecular weight excluding hydrogens is 322 g/mol. The molecule has 0 heterocycles. The van der Waals surface area contributed by atoms with E-state index in [9.17, 15) is 14.9 Å². The first-order valence-corrected chi connectivity index (χ1v) is 7.60. The number of esters is 1. The molecule has 0 atom stereocenters. The molecule has 3 rings (SSSR count). The number of aryl methyl sites for hydroxylation is 1. The Bertz CT molecular complexity index is 951. The number of nitrogens with zero attached hydrogens (tertiary/aromatic N) is 1. The topological polar surface area (TPSA) is 78.7 Å². The molecule has 6 nitrogen and oxygen atoms in total. The van der Waals surface area contributed by atoms with Crippen molar-refractivity contribution in [2.24, 2.45) is 0 Å². The zero-order valence-electron chi connectivity index (χ0n) is 13.5. The van der Waals surface area contributed by atoms with E-state index in [2.05, 4.69) is 0 Å². The highest BCUT2D eigenvalue weighted by molar-refractivity contribution is 5.84. The maximum Gasteiger partial charge on any atom is 0.349 e. The summed E-state index contributed by atoms with van der Waals surface area (Å²) in [5.74, 6) is -0.270. The molecule has 0 radical (unpaired) electrons. The van der Waals surface area contributed by atoms with Crippen LogP contribution in [0.2, 0.25) is 0 Å². The van der Waals surface area contributed by atoms with E-state index in [1.165, 1.54) is 12.1 Å². The van der Waals surface area contributed by atoms with Crippen molar-refractivity contribution in [2.45, 2.75) is 6.92 Å². The summed E-state index contributed by atoms with van der Waals surface area (Å²) in [7, 11) is 0. The molecule has 0 aromatic heterocycles. The summed E-state index contributed by atoms with van der Waals surface area (Å²) in [5, 5.41) is 13.1. The van der Waals surface area contributed by atoms with Gasteiger partial charge in [0, 0.05) is 6.07 Å². The van der Waals surface area contributed by atoms with Crippen molar-refractivity contribution < 1.29 is 19.2 Å². The molecule has 0 saturated carbocycles. The van der Waals surface area contributed by atoms with Gasteiger partial charge >= 0.3 is 11.7 Å². The zero-order valence-corrected chi connectivity index (χ0v) is 13.5. The molecule has 0 aliphatic carbocycles. The van der Waals surface area contributed by atoms with Gasteiger partial charge in [-0.1, -0.05) is 36.4 Å². The number of fused-ring (bicyclic) bond motifs is 1. The van der Waals surface area contributed by atoms with Gasteiger partial charge in [-0.05, 0) is 41.5 Å². The quantitative estimate of drug-likeness (QED) is 0.304. The number of nitro groups is 1. The fourth-order valence-corrected chi connectivity index (χ4v) is 2.41. The molecule has 0 fully saturated rings. The van der Waals surface area contributed by atoms with Crippen LogP contribution in [-0.4, -0.2) is 17.5 Å². The third kappa shape index (κ3) is 3.92. The van der Waals surface area contributed by atoms with E-state index in [1.54, 1.807) is 19.1 Å². The molecule has 0 spiro atoms. The van der Waals surface area contributed by atoms with Gasteiger partial charge in [0.05, 0.1) is 4.92 Å². The monoisotopic (exact) mass is 337 g/mol. The summed E-state index contributed by atoms with van der Waals surface area (Å²) in [6, 6.07) is 17.6. The summed E-state index contributed by atoms with van der Waals surface area (Å²) in [4.78, 5) is 22.4. The second kappa shape index (κ2) is 7.00. The summed E-state index contributed by atoms with van der Waals surface area (Å²) >= 11 is 0. The maximum absolute atomic E-state index is 12.0. The summed E-state index contributed by atoms with van der Waals surface area (Å²) in [6.45, 7) is 1.41. The molecule has 0 bridgehead atoms. The largest absolute Gasteiger partial charge is 0.482 e. The van der Waals surface area contributed by atoms with Gasteiger partial charge < -0.3 is 9.47 Å². The molecule has 0 aliphatic rings. The van der Waals surface area contributed by atoms with Crippen LogP contribution in [-0.2, 0) is 4.79 Å². The normalized spacial score (nSPS) is 10.4. The summed E-state index contributed by atoms with van der Waals surface area (Å²) in [5.41, 5.74) is 0.494. The number of nitro benzene ring substituents is 1. The zero-order chi connectivity index (χ0) is 17.8. The van der Waals surface area contributed by atoms with Gasteiger partial charge in [0.2, 0.25) is 5.75 Å². The number of hydrogen-bond donors (Lipinski definition) is 0. The predicted octanol–water partition coefficient (Wildman–Crippen LogP) is 4.04. The highest BCUT2D eigenvalue weighted by Gasteiger charge is 2.18. The van der Waals surface area contributed by atoms with Crippen LogP contribution in [0.5, 0.6) is 11.5 Å². The molecule has 126 valence electrons.